The Morgan fingerprint density at radius 2 is 2.07 bits per heavy atom. The molecular weight excluding hydrogens is 246 g/mol. The second kappa shape index (κ2) is 5.12. The van der Waals surface area contributed by atoms with E-state index < -0.39 is 0 Å². The number of hydrogen-bond acceptors (Lipinski definition) is 3. The molecule has 0 saturated carbocycles. The molecule has 0 aliphatic heterocycles. The molecule has 3 nitrogen and oxygen atoms in total. The first-order chi connectivity index (χ1) is 6.69. The predicted octanol–water partition coefficient (Wildman–Crippen LogP) is 1.66. The Morgan fingerprint density at radius 3 is 2.50 bits per heavy atom. The Hall–Kier alpha value is -0.870. The molecule has 0 aliphatic rings. The molecule has 4 heteroatoms. The van der Waals surface area contributed by atoms with E-state index in [9.17, 15) is 4.79 Å². The minimum absolute atomic E-state index is 0.258. The van der Waals surface area contributed by atoms with Gasteiger partial charge in [-0.2, -0.15) is 0 Å². The molecule has 0 radical (unpaired) electrons. The van der Waals surface area contributed by atoms with Crippen molar-refractivity contribution < 1.29 is 9.53 Å². The molecule has 0 fully saturated rings. The van der Waals surface area contributed by atoms with Crippen LogP contribution in [0, 0.1) is 0 Å². The molecule has 0 spiro atoms. The maximum absolute atomic E-state index is 11.3. The first-order valence-electron chi connectivity index (χ1n) is 4.22. The van der Waals surface area contributed by atoms with Gasteiger partial charge in [-0.15, -0.1) is 0 Å². The van der Waals surface area contributed by atoms with Crippen LogP contribution in [0.4, 0.5) is 0 Å². The summed E-state index contributed by atoms with van der Waals surface area (Å²) < 4.78 is 5.63. The molecular formula is C10H12BrNO2. The zero-order chi connectivity index (χ0) is 10.6. The van der Waals surface area contributed by atoms with Gasteiger partial charge >= 0.3 is 5.97 Å². The van der Waals surface area contributed by atoms with E-state index in [1.54, 1.807) is 0 Å². The van der Waals surface area contributed by atoms with Crippen LogP contribution in [0.3, 0.4) is 0 Å². The van der Waals surface area contributed by atoms with Crippen LogP contribution in [-0.4, -0.2) is 19.6 Å². The Bertz CT molecular complexity index is 310. The number of halogens is 1. The van der Waals surface area contributed by atoms with Gasteiger partial charge in [0.25, 0.3) is 0 Å². The summed E-state index contributed by atoms with van der Waals surface area (Å²) in [6.07, 6.45) is 0. The van der Waals surface area contributed by atoms with Gasteiger partial charge in [-0.1, -0.05) is 28.1 Å². The number of ether oxygens (including phenoxy) is 1. The van der Waals surface area contributed by atoms with Crippen LogP contribution < -0.4 is 5.73 Å². The second-order valence-electron chi connectivity index (χ2n) is 2.86. The number of carbonyl (C=O) groups excluding carboxylic acids is 1. The lowest BCUT2D eigenvalue weighted by Crippen LogP contribution is -2.22. The van der Waals surface area contributed by atoms with Crippen molar-refractivity contribution in [3.8, 4) is 0 Å². The molecule has 0 bridgehead atoms. The Kier molecular flexibility index (Phi) is 4.10. The highest BCUT2D eigenvalue weighted by atomic mass is 79.9. The van der Waals surface area contributed by atoms with Crippen molar-refractivity contribution in [1.82, 2.24) is 0 Å². The highest BCUT2D eigenvalue weighted by molar-refractivity contribution is 9.10. The van der Waals surface area contributed by atoms with Crippen molar-refractivity contribution in [2.45, 2.75) is 5.92 Å². The molecule has 14 heavy (non-hydrogen) atoms. The van der Waals surface area contributed by atoms with E-state index in [4.69, 9.17) is 5.73 Å². The van der Waals surface area contributed by atoms with Crippen molar-refractivity contribution in [3.05, 3.63) is 34.3 Å². The summed E-state index contributed by atoms with van der Waals surface area (Å²) >= 11 is 3.32. The average molecular weight is 258 g/mol. The molecule has 1 rings (SSSR count). The molecule has 1 atom stereocenters. The van der Waals surface area contributed by atoms with E-state index in [2.05, 4.69) is 20.7 Å². The van der Waals surface area contributed by atoms with E-state index in [1.165, 1.54) is 7.11 Å². The van der Waals surface area contributed by atoms with Gasteiger partial charge < -0.3 is 10.5 Å². The van der Waals surface area contributed by atoms with E-state index in [-0.39, 0.29) is 18.4 Å². The second-order valence-corrected chi connectivity index (χ2v) is 3.78. The summed E-state index contributed by atoms with van der Waals surface area (Å²) in [6.45, 7) is 0.258. The van der Waals surface area contributed by atoms with Crippen LogP contribution >= 0.6 is 15.9 Å². The fourth-order valence-electron chi connectivity index (χ4n) is 1.21. The quantitative estimate of drug-likeness (QED) is 0.839. The molecule has 0 aliphatic carbocycles. The standard InChI is InChI=1S/C10H12BrNO2/c1-14-10(13)9(6-12)7-2-4-8(11)5-3-7/h2-5,9H,6,12H2,1H3. The van der Waals surface area contributed by atoms with Gasteiger partial charge in [0.1, 0.15) is 0 Å². The number of carbonyl (C=O) groups is 1. The van der Waals surface area contributed by atoms with Crippen LogP contribution in [0.15, 0.2) is 28.7 Å². The molecule has 0 saturated heterocycles. The fraction of sp³-hybridized carbons (Fsp3) is 0.300. The molecule has 0 amide bonds. The fourth-order valence-corrected chi connectivity index (χ4v) is 1.47. The molecule has 0 heterocycles. The lowest BCUT2D eigenvalue weighted by Gasteiger charge is -2.12. The van der Waals surface area contributed by atoms with Gasteiger partial charge in [-0.25, -0.2) is 0 Å². The summed E-state index contributed by atoms with van der Waals surface area (Å²) in [7, 11) is 1.36. The molecule has 76 valence electrons. The smallest absolute Gasteiger partial charge is 0.314 e. The highest BCUT2D eigenvalue weighted by Gasteiger charge is 2.18. The van der Waals surface area contributed by atoms with E-state index >= 15 is 0 Å². The number of rotatable bonds is 3. The zero-order valence-corrected chi connectivity index (χ0v) is 9.45. The minimum atomic E-state index is -0.368. The van der Waals surface area contributed by atoms with Gasteiger partial charge in [0.2, 0.25) is 0 Å². The third-order valence-corrected chi connectivity index (χ3v) is 2.52. The molecule has 0 aromatic heterocycles. The van der Waals surface area contributed by atoms with E-state index in [1.807, 2.05) is 24.3 Å². The average Bonchev–Trinajstić information content (AvgIpc) is 2.21. The minimum Gasteiger partial charge on any atom is -0.469 e. The SMILES string of the molecule is COC(=O)C(CN)c1ccc(Br)cc1. The summed E-state index contributed by atoms with van der Waals surface area (Å²) in [5.74, 6) is -0.664. The molecule has 1 aromatic carbocycles. The molecule has 1 aromatic rings. The number of benzene rings is 1. The van der Waals surface area contributed by atoms with E-state index in [0.717, 1.165) is 10.0 Å². The molecule has 2 N–H and O–H groups in total. The summed E-state index contributed by atoms with van der Waals surface area (Å²) in [6, 6.07) is 7.47. The first-order valence-corrected chi connectivity index (χ1v) is 5.01. The van der Waals surface area contributed by atoms with E-state index in [0.29, 0.717) is 0 Å². The topological polar surface area (TPSA) is 52.3 Å². The van der Waals surface area contributed by atoms with Gasteiger partial charge in [-0.3, -0.25) is 4.79 Å². The van der Waals surface area contributed by atoms with Crippen molar-refractivity contribution in [1.29, 1.82) is 0 Å². The van der Waals surface area contributed by atoms with Crippen LogP contribution in [0.25, 0.3) is 0 Å². The third kappa shape index (κ3) is 2.56. The monoisotopic (exact) mass is 257 g/mol. The van der Waals surface area contributed by atoms with Crippen LogP contribution in [0.2, 0.25) is 0 Å². The van der Waals surface area contributed by atoms with Gasteiger partial charge in [0.15, 0.2) is 0 Å². The van der Waals surface area contributed by atoms with Crippen molar-refractivity contribution >= 4 is 21.9 Å². The van der Waals surface area contributed by atoms with Crippen LogP contribution in [-0.2, 0) is 9.53 Å². The highest BCUT2D eigenvalue weighted by Crippen LogP contribution is 2.18. The number of hydrogen-bond donors (Lipinski definition) is 1. The summed E-state index contributed by atoms with van der Waals surface area (Å²) in [5, 5.41) is 0. The van der Waals surface area contributed by atoms with Crippen molar-refractivity contribution in [2.75, 3.05) is 13.7 Å². The van der Waals surface area contributed by atoms with Gasteiger partial charge in [0.05, 0.1) is 13.0 Å². The summed E-state index contributed by atoms with van der Waals surface area (Å²) in [4.78, 5) is 11.3. The van der Waals surface area contributed by atoms with Crippen LogP contribution in [0.1, 0.15) is 11.5 Å². The first kappa shape index (κ1) is 11.2. The largest absolute Gasteiger partial charge is 0.469 e. The van der Waals surface area contributed by atoms with Gasteiger partial charge in [0, 0.05) is 11.0 Å². The van der Waals surface area contributed by atoms with Crippen molar-refractivity contribution in [2.24, 2.45) is 5.73 Å². The van der Waals surface area contributed by atoms with Gasteiger partial charge in [-0.05, 0) is 17.7 Å². The maximum Gasteiger partial charge on any atom is 0.314 e. The lowest BCUT2D eigenvalue weighted by atomic mass is 10.00. The third-order valence-electron chi connectivity index (χ3n) is 1.99. The van der Waals surface area contributed by atoms with Crippen LogP contribution in [0.5, 0.6) is 0 Å². The molecule has 1 unspecified atom stereocenters. The lowest BCUT2D eigenvalue weighted by molar-refractivity contribution is -0.142. The van der Waals surface area contributed by atoms with Crippen molar-refractivity contribution in [3.63, 3.8) is 0 Å². The predicted molar refractivity (Wildman–Crippen MR) is 58.0 cm³/mol. The Balaban J connectivity index is 2.89. The normalized spacial score (nSPS) is 12.2. The zero-order valence-electron chi connectivity index (χ0n) is 7.87. The Labute approximate surface area is 91.4 Å². The number of methoxy groups -OCH3 is 1. The number of esters is 1. The Morgan fingerprint density at radius 1 is 1.50 bits per heavy atom. The number of nitrogens with two attached hydrogens (primary N) is 1. The summed E-state index contributed by atoms with van der Waals surface area (Å²) in [5.41, 5.74) is 6.38. The maximum atomic E-state index is 11.3.